The first-order chi connectivity index (χ1) is 8.58. The van der Waals surface area contributed by atoms with Gasteiger partial charge in [0.05, 0.1) is 6.07 Å². The van der Waals surface area contributed by atoms with E-state index in [9.17, 15) is 5.26 Å². The van der Waals surface area contributed by atoms with E-state index in [1.807, 2.05) is 21.1 Å². The van der Waals surface area contributed by atoms with Crippen LogP contribution in [0.15, 0.2) is 24.3 Å². The Morgan fingerprint density at radius 1 is 1.11 bits per heavy atom. The van der Waals surface area contributed by atoms with Crippen LogP contribution in [0, 0.1) is 11.3 Å². The van der Waals surface area contributed by atoms with Crippen molar-refractivity contribution in [3.8, 4) is 6.07 Å². The molecule has 0 N–H and O–H groups in total. The Kier molecular flexibility index (Phi) is 5.84. The summed E-state index contributed by atoms with van der Waals surface area (Å²) >= 11 is 0. The lowest BCUT2D eigenvalue weighted by Crippen LogP contribution is -2.31. The maximum Gasteiger partial charge on any atom is 0.123 e. The number of hydrogen-bond donors (Lipinski definition) is 0. The predicted octanol–water partition coefficient (Wildman–Crippen LogP) is 2.31. The molecule has 0 radical (unpaired) electrons. The maximum absolute atomic E-state index is 9.34. The molecule has 3 heteroatoms. The molecule has 0 aliphatic rings. The number of aryl methyl sites for hydroxylation is 1. The van der Waals surface area contributed by atoms with Crippen molar-refractivity contribution in [2.75, 3.05) is 34.2 Å². The van der Waals surface area contributed by atoms with E-state index in [1.165, 1.54) is 5.56 Å². The Bertz CT molecular complexity index is 389. The van der Waals surface area contributed by atoms with Crippen molar-refractivity contribution in [2.24, 2.45) is 0 Å². The predicted molar refractivity (Wildman–Crippen MR) is 75.4 cm³/mol. The summed E-state index contributed by atoms with van der Waals surface area (Å²) in [5, 5.41) is 9.34. The molecule has 98 valence electrons. The first-order valence-electron chi connectivity index (χ1n) is 6.42. The average molecular weight is 245 g/mol. The molecule has 0 heterocycles. The highest BCUT2D eigenvalue weighted by atomic mass is 15.2. The van der Waals surface area contributed by atoms with E-state index < -0.39 is 0 Å². The van der Waals surface area contributed by atoms with Gasteiger partial charge in [-0.3, -0.25) is 4.90 Å². The van der Waals surface area contributed by atoms with Gasteiger partial charge in [0.15, 0.2) is 0 Å². The summed E-state index contributed by atoms with van der Waals surface area (Å²) in [6.07, 6.45) is 1.04. The largest absolute Gasteiger partial charge is 0.308 e. The molecule has 0 saturated carbocycles. The summed E-state index contributed by atoms with van der Waals surface area (Å²) in [5.74, 6) is 0. The molecule has 1 unspecified atom stereocenters. The Hall–Kier alpha value is -1.37. The van der Waals surface area contributed by atoms with Crippen molar-refractivity contribution in [2.45, 2.75) is 19.4 Å². The van der Waals surface area contributed by atoms with Crippen molar-refractivity contribution in [1.29, 1.82) is 5.26 Å². The molecule has 0 fully saturated rings. The maximum atomic E-state index is 9.34. The molecule has 18 heavy (non-hydrogen) atoms. The van der Waals surface area contributed by atoms with Crippen LogP contribution in [0.25, 0.3) is 0 Å². The molecule has 1 rings (SSSR count). The monoisotopic (exact) mass is 245 g/mol. The second kappa shape index (κ2) is 7.15. The van der Waals surface area contributed by atoms with Gasteiger partial charge < -0.3 is 4.90 Å². The fraction of sp³-hybridized carbons (Fsp3) is 0.533. The van der Waals surface area contributed by atoms with Gasteiger partial charge in [0.2, 0.25) is 0 Å². The molecule has 0 aromatic heterocycles. The Labute approximate surface area is 111 Å². The third kappa shape index (κ3) is 4.14. The second-order valence-electron chi connectivity index (χ2n) is 4.91. The zero-order chi connectivity index (χ0) is 13.5. The van der Waals surface area contributed by atoms with Crippen molar-refractivity contribution < 1.29 is 0 Å². The van der Waals surface area contributed by atoms with E-state index in [1.54, 1.807) is 0 Å². The highest BCUT2D eigenvalue weighted by molar-refractivity contribution is 5.28. The lowest BCUT2D eigenvalue weighted by atomic mass is 10.0. The summed E-state index contributed by atoms with van der Waals surface area (Å²) < 4.78 is 0. The van der Waals surface area contributed by atoms with Crippen LogP contribution in [0.2, 0.25) is 0 Å². The number of rotatable bonds is 6. The zero-order valence-corrected chi connectivity index (χ0v) is 11.8. The molecule has 0 aliphatic heterocycles. The number of hydrogen-bond acceptors (Lipinski definition) is 3. The number of nitrogens with zero attached hydrogens (tertiary/aromatic N) is 3. The van der Waals surface area contributed by atoms with Gasteiger partial charge in [0.25, 0.3) is 0 Å². The molecule has 0 saturated heterocycles. The molecule has 0 amide bonds. The number of nitriles is 1. The molecule has 1 aromatic carbocycles. The van der Waals surface area contributed by atoms with E-state index in [-0.39, 0.29) is 6.04 Å². The summed E-state index contributed by atoms with van der Waals surface area (Å²) in [6, 6.07) is 10.6. The standard InChI is InChI=1S/C15H23N3/c1-5-13-6-8-14(9-7-13)15(12-16)18(4)11-10-17(2)3/h6-9,15H,5,10-11H2,1-4H3. The van der Waals surface area contributed by atoms with Gasteiger partial charge in [-0.15, -0.1) is 0 Å². The minimum atomic E-state index is -0.157. The first kappa shape index (κ1) is 14.7. The normalized spacial score (nSPS) is 12.7. The third-order valence-electron chi connectivity index (χ3n) is 3.17. The van der Waals surface area contributed by atoms with Crippen molar-refractivity contribution in [1.82, 2.24) is 9.80 Å². The van der Waals surface area contributed by atoms with Crippen LogP contribution in [-0.2, 0) is 6.42 Å². The molecule has 1 atom stereocenters. The summed E-state index contributed by atoms with van der Waals surface area (Å²) in [7, 11) is 6.10. The van der Waals surface area contributed by atoms with E-state index >= 15 is 0 Å². The van der Waals surface area contributed by atoms with Crippen LogP contribution in [0.1, 0.15) is 24.1 Å². The van der Waals surface area contributed by atoms with E-state index in [0.29, 0.717) is 0 Å². The topological polar surface area (TPSA) is 30.3 Å². The van der Waals surface area contributed by atoms with E-state index in [2.05, 4.69) is 47.1 Å². The molecular formula is C15H23N3. The Morgan fingerprint density at radius 3 is 2.17 bits per heavy atom. The quantitative estimate of drug-likeness (QED) is 0.770. The van der Waals surface area contributed by atoms with Crippen LogP contribution in [-0.4, -0.2) is 44.0 Å². The van der Waals surface area contributed by atoms with Crippen molar-refractivity contribution in [3.05, 3.63) is 35.4 Å². The molecule has 0 spiro atoms. The third-order valence-corrected chi connectivity index (χ3v) is 3.17. The highest BCUT2D eigenvalue weighted by Crippen LogP contribution is 2.19. The van der Waals surface area contributed by atoms with Crippen LogP contribution in [0.4, 0.5) is 0 Å². The minimum Gasteiger partial charge on any atom is -0.308 e. The van der Waals surface area contributed by atoms with Crippen LogP contribution >= 0.6 is 0 Å². The average Bonchev–Trinajstić information content (AvgIpc) is 2.38. The fourth-order valence-corrected chi connectivity index (χ4v) is 1.85. The lowest BCUT2D eigenvalue weighted by Gasteiger charge is -2.24. The van der Waals surface area contributed by atoms with Gasteiger partial charge in [-0.25, -0.2) is 0 Å². The van der Waals surface area contributed by atoms with Crippen molar-refractivity contribution >= 4 is 0 Å². The van der Waals surface area contributed by atoms with Gasteiger partial charge in [0.1, 0.15) is 6.04 Å². The Balaban J connectivity index is 2.72. The molecule has 0 aliphatic carbocycles. The number of likely N-dealkylation sites (N-methyl/N-ethyl adjacent to an activating group) is 2. The lowest BCUT2D eigenvalue weighted by molar-refractivity contribution is 0.253. The Morgan fingerprint density at radius 2 is 1.72 bits per heavy atom. The van der Waals surface area contributed by atoms with E-state index in [0.717, 1.165) is 25.1 Å². The van der Waals surface area contributed by atoms with Gasteiger partial charge in [-0.2, -0.15) is 5.26 Å². The minimum absolute atomic E-state index is 0.157. The summed E-state index contributed by atoms with van der Waals surface area (Å²) in [5.41, 5.74) is 2.39. The van der Waals surface area contributed by atoms with Gasteiger partial charge >= 0.3 is 0 Å². The zero-order valence-electron chi connectivity index (χ0n) is 11.8. The highest BCUT2D eigenvalue weighted by Gasteiger charge is 2.15. The number of benzene rings is 1. The smallest absolute Gasteiger partial charge is 0.123 e. The molecule has 3 nitrogen and oxygen atoms in total. The fourth-order valence-electron chi connectivity index (χ4n) is 1.85. The SMILES string of the molecule is CCc1ccc(C(C#N)N(C)CCN(C)C)cc1. The first-order valence-corrected chi connectivity index (χ1v) is 6.42. The molecule has 0 bridgehead atoms. The van der Waals surface area contributed by atoms with Gasteiger partial charge in [-0.05, 0) is 38.7 Å². The second-order valence-corrected chi connectivity index (χ2v) is 4.91. The van der Waals surface area contributed by atoms with Gasteiger partial charge in [0, 0.05) is 13.1 Å². The summed E-state index contributed by atoms with van der Waals surface area (Å²) in [4.78, 5) is 4.23. The van der Waals surface area contributed by atoms with Gasteiger partial charge in [-0.1, -0.05) is 31.2 Å². The summed E-state index contributed by atoms with van der Waals surface area (Å²) in [6.45, 7) is 3.99. The van der Waals surface area contributed by atoms with Crippen molar-refractivity contribution in [3.63, 3.8) is 0 Å². The van der Waals surface area contributed by atoms with Crippen LogP contribution in [0.3, 0.4) is 0 Å². The van der Waals surface area contributed by atoms with Crippen LogP contribution in [0.5, 0.6) is 0 Å². The van der Waals surface area contributed by atoms with Crippen LogP contribution < -0.4 is 0 Å². The molecular weight excluding hydrogens is 222 g/mol. The molecule has 1 aromatic rings. The van der Waals surface area contributed by atoms with E-state index in [4.69, 9.17) is 0 Å².